The lowest BCUT2D eigenvalue weighted by molar-refractivity contribution is 0.199. The van der Waals surface area contributed by atoms with Crippen LogP contribution >= 0.6 is 0 Å². The third-order valence-corrected chi connectivity index (χ3v) is 5.50. The maximum Gasteiger partial charge on any atom is 0.152 e. The maximum atomic E-state index is 11.6. The first-order valence-corrected chi connectivity index (χ1v) is 8.31. The molecule has 1 aliphatic heterocycles. The van der Waals surface area contributed by atoms with Crippen LogP contribution in [0.25, 0.3) is 0 Å². The Hall–Kier alpha value is -1.58. The Bertz CT molecular complexity index is 647. The van der Waals surface area contributed by atoms with Crippen LogP contribution in [0.3, 0.4) is 0 Å². The molecule has 0 spiro atoms. The van der Waals surface area contributed by atoms with Gasteiger partial charge in [-0.2, -0.15) is 5.26 Å². The van der Waals surface area contributed by atoms with E-state index in [1.807, 2.05) is 11.9 Å². The molecule has 0 radical (unpaired) electrons. The van der Waals surface area contributed by atoms with Crippen LogP contribution in [0.15, 0.2) is 18.2 Å². The van der Waals surface area contributed by atoms with E-state index in [9.17, 15) is 13.5 Å². The summed E-state index contributed by atoms with van der Waals surface area (Å²) in [5, 5.41) is 18.8. The monoisotopic (exact) mass is 294 g/mol. The number of hydrogen-bond donors (Lipinski definition) is 1. The van der Waals surface area contributed by atoms with Crippen molar-refractivity contribution in [1.82, 2.24) is 0 Å². The second-order valence-corrected chi connectivity index (χ2v) is 7.46. The highest BCUT2D eigenvalue weighted by atomic mass is 32.2. The molecular weight excluding hydrogens is 276 g/mol. The minimum Gasteiger partial charge on any atom is -0.389 e. The summed E-state index contributed by atoms with van der Waals surface area (Å²) in [7, 11) is -1.15. The summed E-state index contributed by atoms with van der Waals surface area (Å²) in [6.45, 7) is 1.66. The lowest BCUT2D eigenvalue weighted by Gasteiger charge is -2.29. The quantitative estimate of drug-likeness (QED) is 0.907. The van der Waals surface area contributed by atoms with Crippen LogP contribution in [-0.2, 0) is 9.84 Å². The minimum absolute atomic E-state index is 0.105. The van der Waals surface area contributed by atoms with Crippen LogP contribution in [0.1, 0.15) is 30.6 Å². The van der Waals surface area contributed by atoms with Crippen molar-refractivity contribution in [3.63, 3.8) is 0 Å². The molecule has 2 atom stereocenters. The molecule has 20 heavy (non-hydrogen) atoms. The molecular formula is C14H18N2O3S. The van der Waals surface area contributed by atoms with E-state index in [2.05, 4.69) is 6.07 Å². The fourth-order valence-electron chi connectivity index (χ4n) is 2.55. The number of sulfone groups is 1. The molecule has 0 bridgehead atoms. The van der Waals surface area contributed by atoms with Crippen LogP contribution in [0.2, 0.25) is 0 Å². The summed E-state index contributed by atoms with van der Waals surface area (Å²) in [6, 6.07) is 7.04. The van der Waals surface area contributed by atoms with E-state index in [1.54, 1.807) is 25.1 Å². The lowest BCUT2D eigenvalue weighted by atomic mass is 10.0. The van der Waals surface area contributed by atoms with Crippen molar-refractivity contribution in [2.24, 2.45) is 0 Å². The Balaban J connectivity index is 2.38. The molecule has 2 rings (SSSR count). The van der Waals surface area contributed by atoms with E-state index in [0.29, 0.717) is 17.5 Å². The zero-order valence-electron chi connectivity index (χ0n) is 11.6. The van der Waals surface area contributed by atoms with Gasteiger partial charge in [0.2, 0.25) is 0 Å². The van der Waals surface area contributed by atoms with Gasteiger partial charge in [-0.1, -0.05) is 6.07 Å². The standard InChI is InChI=1S/C14H18N2O3S/c1-10(17)13-4-3-11(8-15)7-14(13)16(2)12-5-6-20(18,19)9-12/h3-4,7,10,12,17H,5-6,9H2,1-2H3/t10-,12?/m0/s1. The number of anilines is 1. The van der Waals surface area contributed by atoms with Crippen molar-refractivity contribution >= 4 is 15.5 Å². The van der Waals surface area contributed by atoms with Gasteiger partial charge in [0.25, 0.3) is 0 Å². The first kappa shape index (κ1) is 14.8. The van der Waals surface area contributed by atoms with Crippen molar-refractivity contribution < 1.29 is 13.5 Å². The summed E-state index contributed by atoms with van der Waals surface area (Å²) in [4.78, 5) is 1.87. The zero-order chi connectivity index (χ0) is 14.9. The molecule has 0 amide bonds. The molecule has 1 aromatic carbocycles. The molecule has 1 heterocycles. The van der Waals surface area contributed by atoms with E-state index >= 15 is 0 Å². The van der Waals surface area contributed by atoms with E-state index in [0.717, 1.165) is 5.69 Å². The Morgan fingerprint density at radius 2 is 2.20 bits per heavy atom. The normalized spacial score (nSPS) is 22.2. The number of nitriles is 1. The van der Waals surface area contributed by atoms with Crippen molar-refractivity contribution in [2.45, 2.75) is 25.5 Å². The van der Waals surface area contributed by atoms with E-state index in [1.165, 1.54) is 0 Å². The summed E-state index contributed by atoms with van der Waals surface area (Å²) in [5.41, 5.74) is 1.93. The molecule has 1 N–H and O–H groups in total. The number of rotatable bonds is 3. The SMILES string of the molecule is C[C@H](O)c1ccc(C#N)cc1N(C)C1CCS(=O)(=O)C1. The smallest absolute Gasteiger partial charge is 0.152 e. The lowest BCUT2D eigenvalue weighted by Crippen LogP contribution is -2.33. The summed E-state index contributed by atoms with van der Waals surface area (Å²) < 4.78 is 23.2. The molecule has 1 unspecified atom stereocenters. The fraction of sp³-hybridized carbons (Fsp3) is 0.500. The molecule has 0 aromatic heterocycles. The average Bonchev–Trinajstić information content (AvgIpc) is 2.77. The minimum atomic E-state index is -2.97. The number of nitrogens with zero attached hydrogens (tertiary/aromatic N) is 2. The van der Waals surface area contributed by atoms with Crippen LogP contribution in [0, 0.1) is 11.3 Å². The van der Waals surface area contributed by atoms with Gasteiger partial charge < -0.3 is 10.0 Å². The van der Waals surface area contributed by atoms with Crippen molar-refractivity contribution in [3.05, 3.63) is 29.3 Å². The molecule has 1 fully saturated rings. The van der Waals surface area contributed by atoms with Gasteiger partial charge in [0.05, 0.1) is 29.2 Å². The molecule has 6 heteroatoms. The number of aliphatic hydroxyl groups is 1. The highest BCUT2D eigenvalue weighted by Gasteiger charge is 2.31. The molecule has 1 aromatic rings. The van der Waals surface area contributed by atoms with Gasteiger partial charge in [-0.25, -0.2) is 8.42 Å². The van der Waals surface area contributed by atoms with Gasteiger partial charge in [-0.15, -0.1) is 0 Å². The summed E-state index contributed by atoms with van der Waals surface area (Å²) in [5.74, 6) is 0.323. The summed E-state index contributed by atoms with van der Waals surface area (Å²) >= 11 is 0. The van der Waals surface area contributed by atoms with E-state index < -0.39 is 15.9 Å². The largest absolute Gasteiger partial charge is 0.389 e. The van der Waals surface area contributed by atoms with Gasteiger partial charge in [0, 0.05) is 24.3 Å². The van der Waals surface area contributed by atoms with Gasteiger partial charge in [-0.3, -0.25) is 0 Å². The highest BCUT2D eigenvalue weighted by Crippen LogP contribution is 2.30. The van der Waals surface area contributed by atoms with Gasteiger partial charge in [0.15, 0.2) is 9.84 Å². The van der Waals surface area contributed by atoms with Crippen LogP contribution in [-0.4, -0.2) is 38.1 Å². The Morgan fingerprint density at radius 1 is 1.50 bits per heavy atom. The van der Waals surface area contributed by atoms with Crippen molar-refractivity contribution in [2.75, 3.05) is 23.5 Å². The Morgan fingerprint density at radius 3 is 2.70 bits per heavy atom. The first-order chi connectivity index (χ1) is 9.34. The van der Waals surface area contributed by atoms with E-state index in [-0.39, 0.29) is 17.5 Å². The van der Waals surface area contributed by atoms with Gasteiger partial charge >= 0.3 is 0 Å². The number of hydrogen-bond acceptors (Lipinski definition) is 5. The topological polar surface area (TPSA) is 81.4 Å². The average molecular weight is 294 g/mol. The fourth-order valence-corrected chi connectivity index (χ4v) is 4.32. The van der Waals surface area contributed by atoms with Crippen LogP contribution in [0.4, 0.5) is 5.69 Å². The molecule has 5 nitrogen and oxygen atoms in total. The predicted molar refractivity (Wildman–Crippen MR) is 77.3 cm³/mol. The molecule has 108 valence electrons. The molecule has 1 saturated heterocycles. The third-order valence-electron chi connectivity index (χ3n) is 3.75. The maximum absolute atomic E-state index is 11.6. The molecule has 0 aliphatic carbocycles. The van der Waals surface area contributed by atoms with E-state index in [4.69, 9.17) is 5.26 Å². The Labute approximate surface area is 119 Å². The Kier molecular flexibility index (Phi) is 4.02. The first-order valence-electron chi connectivity index (χ1n) is 6.49. The molecule has 1 aliphatic rings. The number of benzene rings is 1. The second kappa shape index (κ2) is 5.43. The van der Waals surface area contributed by atoms with Gasteiger partial charge in [0.1, 0.15) is 0 Å². The van der Waals surface area contributed by atoms with Crippen molar-refractivity contribution in [3.8, 4) is 6.07 Å². The highest BCUT2D eigenvalue weighted by molar-refractivity contribution is 7.91. The van der Waals surface area contributed by atoms with Crippen LogP contribution in [0.5, 0.6) is 0 Å². The number of aliphatic hydroxyl groups excluding tert-OH is 1. The third kappa shape index (κ3) is 2.94. The summed E-state index contributed by atoms with van der Waals surface area (Å²) in [6.07, 6.45) is -0.0901. The van der Waals surface area contributed by atoms with Gasteiger partial charge in [-0.05, 0) is 25.5 Å². The van der Waals surface area contributed by atoms with Crippen LogP contribution < -0.4 is 4.90 Å². The zero-order valence-corrected chi connectivity index (χ0v) is 12.4. The second-order valence-electron chi connectivity index (χ2n) is 5.23. The molecule has 0 saturated carbocycles. The van der Waals surface area contributed by atoms with Crippen molar-refractivity contribution in [1.29, 1.82) is 5.26 Å². The predicted octanol–water partition coefficient (Wildman–Crippen LogP) is 1.23.